The van der Waals surface area contributed by atoms with Crippen LogP contribution in [0.1, 0.15) is 11.1 Å². The standard InChI is InChI=1S/C16H12N4O/c1-21-13-2-3-16-14(5-13)15(9-20-16)12(6-17)4-11-7-18-10-19-8-11/h2-5,7-10,20H,1H3. The lowest BCUT2D eigenvalue weighted by Gasteiger charge is -2.01. The van der Waals surface area contributed by atoms with Crippen LogP contribution in [0, 0.1) is 11.3 Å². The van der Waals surface area contributed by atoms with E-state index < -0.39 is 0 Å². The first-order valence-corrected chi connectivity index (χ1v) is 6.34. The SMILES string of the molecule is COc1ccc2[nH]cc(C(C#N)=Cc3cncnc3)c2c1. The fourth-order valence-corrected chi connectivity index (χ4v) is 2.17. The van der Waals surface area contributed by atoms with Crippen molar-refractivity contribution in [1.29, 1.82) is 5.26 Å². The molecule has 0 fully saturated rings. The predicted octanol–water partition coefficient (Wildman–Crippen LogP) is 3.03. The van der Waals surface area contributed by atoms with Crippen LogP contribution in [0.5, 0.6) is 5.75 Å². The second-order valence-corrected chi connectivity index (χ2v) is 4.46. The molecular weight excluding hydrogens is 264 g/mol. The molecule has 0 aliphatic rings. The molecule has 0 atom stereocenters. The maximum absolute atomic E-state index is 9.44. The summed E-state index contributed by atoms with van der Waals surface area (Å²) < 4.78 is 5.24. The summed E-state index contributed by atoms with van der Waals surface area (Å²) in [5.41, 5.74) is 3.11. The highest BCUT2D eigenvalue weighted by molar-refractivity contribution is 6.01. The zero-order valence-corrected chi connectivity index (χ0v) is 11.4. The van der Waals surface area contributed by atoms with E-state index in [0.717, 1.165) is 27.8 Å². The van der Waals surface area contributed by atoms with Gasteiger partial charge in [0.2, 0.25) is 0 Å². The molecule has 5 nitrogen and oxygen atoms in total. The Kier molecular flexibility index (Phi) is 3.36. The molecule has 0 amide bonds. The number of hydrogen-bond acceptors (Lipinski definition) is 4. The van der Waals surface area contributed by atoms with Crippen LogP contribution < -0.4 is 4.74 Å². The zero-order chi connectivity index (χ0) is 14.7. The van der Waals surface area contributed by atoms with E-state index in [1.165, 1.54) is 6.33 Å². The smallest absolute Gasteiger partial charge is 0.119 e. The molecular formula is C16H12N4O. The molecule has 0 spiro atoms. The number of allylic oxidation sites excluding steroid dienone is 1. The third-order valence-corrected chi connectivity index (χ3v) is 3.19. The maximum atomic E-state index is 9.44. The predicted molar refractivity (Wildman–Crippen MR) is 80.4 cm³/mol. The molecule has 21 heavy (non-hydrogen) atoms. The molecule has 5 heteroatoms. The van der Waals surface area contributed by atoms with Crippen molar-refractivity contribution in [2.45, 2.75) is 0 Å². The topological polar surface area (TPSA) is 74.6 Å². The average molecular weight is 276 g/mol. The lowest BCUT2D eigenvalue weighted by molar-refractivity contribution is 0.415. The molecule has 3 rings (SSSR count). The number of methoxy groups -OCH3 is 1. The summed E-state index contributed by atoms with van der Waals surface area (Å²) in [6, 6.07) is 7.95. The van der Waals surface area contributed by atoms with Crippen LogP contribution in [0.25, 0.3) is 22.6 Å². The van der Waals surface area contributed by atoms with Crippen molar-refractivity contribution in [1.82, 2.24) is 15.0 Å². The van der Waals surface area contributed by atoms with Crippen LogP contribution in [-0.2, 0) is 0 Å². The molecule has 0 radical (unpaired) electrons. The monoisotopic (exact) mass is 276 g/mol. The fraction of sp³-hybridized carbons (Fsp3) is 0.0625. The molecule has 3 aromatic rings. The number of nitriles is 1. The first-order valence-electron chi connectivity index (χ1n) is 6.34. The fourth-order valence-electron chi connectivity index (χ4n) is 2.17. The Labute approximate surface area is 121 Å². The third-order valence-electron chi connectivity index (χ3n) is 3.19. The molecule has 102 valence electrons. The van der Waals surface area contributed by atoms with Crippen LogP contribution in [-0.4, -0.2) is 22.1 Å². The minimum Gasteiger partial charge on any atom is -0.497 e. The van der Waals surface area contributed by atoms with E-state index in [1.54, 1.807) is 25.6 Å². The summed E-state index contributed by atoms with van der Waals surface area (Å²) in [6.07, 6.45) is 8.38. The third kappa shape index (κ3) is 2.47. The Bertz CT molecular complexity index is 844. The van der Waals surface area contributed by atoms with Crippen molar-refractivity contribution >= 4 is 22.6 Å². The number of ether oxygens (including phenoxy) is 1. The quantitative estimate of drug-likeness (QED) is 0.746. The number of aromatic amines is 1. The lowest BCUT2D eigenvalue weighted by atomic mass is 10.0. The van der Waals surface area contributed by atoms with Gasteiger partial charge in [-0.25, -0.2) is 9.97 Å². The Hall–Kier alpha value is -3.13. The van der Waals surface area contributed by atoms with Crippen LogP contribution >= 0.6 is 0 Å². The normalized spacial score (nSPS) is 11.3. The molecule has 2 aromatic heterocycles. The number of aromatic nitrogens is 3. The summed E-state index contributed by atoms with van der Waals surface area (Å²) in [4.78, 5) is 11.1. The zero-order valence-electron chi connectivity index (χ0n) is 11.4. The van der Waals surface area contributed by atoms with Crippen molar-refractivity contribution in [2.24, 2.45) is 0 Å². The van der Waals surface area contributed by atoms with Crippen LogP contribution in [0.3, 0.4) is 0 Å². The van der Waals surface area contributed by atoms with Gasteiger partial charge in [-0.3, -0.25) is 0 Å². The van der Waals surface area contributed by atoms with Gasteiger partial charge in [0.05, 0.1) is 18.8 Å². The van der Waals surface area contributed by atoms with Gasteiger partial charge in [-0.15, -0.1) is 0 Å². The number of benzene rings is 1. The van der Waals surface area contributed by atoms with Crippen LogP contribution in [0.2, 0.25) is 0 Å². The van der Waals surface area contributed by atoms with Gasteiger partial charge in [0, 0.05) is 40.6 Å². The van der Waals surface area contributed by atoms with Gasteiger partial charge in [-0.2, -0.15) is 5.26 Å². The number of rotatable bonds is 3. The highest BCUT2D eigenvalue weighted by Crippen LogP contribution is 2.29. The Morgan fingerprint density at radius 2 is 2.14 bits per heavy atom. The van der Waals surface area contributed by atoms with Gasteiger partial charge in [0.15, 0.2) is 0 Å². The van der Waals surface area contributed by atoms with E-state index in [1.807, 2.05) is 24.4 Å². The van der Waals surface area contributed by atoms with Gasteiger partial charge in [0.25, 0.3) is 0 Å². The summed E-state index contributed by atoms with van der Waals surface area (Å²) in [7, 11) is 1.62. The molecule has 0 aliphatic heterocycles. The van der Waals surface area contributed by atoms with E-state index in [4.69, 9.17) is 4.74 Å². The number of H-pyrrole nitrogens is 1. The van der Waals surface area contributed by atoms with Gasteiger partial charge in [0.1, 0.15) is 12.1 Å². The summed E-state index contributed by atoms with van der Waals surface area (Å²) in [6.45, 7) is 0. The van der Waals surface area contributed by atoms with Gasteiger partial charge in [-0.1, -0.05) is 0 Å². The van der Waals surface area contributed by atoms with Crippen LogP contribution in [0.4, 0.5) is 0 Å². The van der Waals surface area contributed by atoms with E-state index >= 15 is 0 Å². The van der Waals surface area contributed by atoms with Crippen molar-refractivity contribution in [2.75, 3.05) is 7.11 Å². The largest absolute Gasteiger partial charge is 0.497 e. The molecule has 0 saturated carbocycles. The van der Waals surface area contributed by atoms with Crippen LogP contribution in [0.15, 0.2) is 43.1 Å². The van der Waals surface area contributed by atoms with Crippen molar-refractivity contribution in [3.8, 4) is 11.8 Å². The van der Waals surface area contributed by atoms with E-state index in [0.29, 0.717) is 5.57 Å². The molecule has 2 heterocycles. The average Bonchev–Trinajstić information content (AvgIpc) is 2.96. The summed E-state index contributed by atoms with van der Waals surface area (Å²) in [5, 5.41) is 10.4. The lowest BCUT2D eigenvalue weighted by Crippen LogP contribution is -1.84. The first kappa shape index (κ1) is 12.9. The molecule has 0 bridgehead atoms. The highest BCUT2D eigenvalue weighted by atomic mass is 16.5. The van der Waals surface area contributed by atoms with Crippen molar-refractivity contribution in [3.05, 3.63) is 54.2 Å². The molecule has 0 aliphatic carbocycles. The minimum absolute atomic E-state index is 0.546. The molecule has 0 unspecified atom stereocenters. The number of fused-ring (bicyclic) bond motifs is 1. The molecule has 0 saturated heterocycles. The number of nitrogens with one attached hydrogen (secondary N) is 1. The van der Waals surface area contributed by atoms with Gasteiger partial charge >= 0.3 is 0 Å². The number of hydrogen-bond donors (Lipinski definition) is 1. The van der Waals surface area contributed by atoms with E-state index in [9.17, 15) is 5.26 Å². The minimum atomic E-state index is 0.546. The maximum Gasteiger partial charge on any atom is 0.119 e. The molecule has 1 aromatic carbocycles. The van der Waals surface area contributed by atoms with E-state index in [-0.39, 0.29) is 0 Å². The van der Waals surface area contributed by atoms with E-state index in [2.05, 4.69) is 21.0 Å². The summed E-state index contributed by atoms with van der Waals surface area (Å²) in [5.74, 6) is 0.753. The molecule has 1 N–H and O–H groups in total. The second-order valence-electron chi connectivity index (χ2n) is 4.46. The number of nitrogens with zero attached hydrogens (tertiary/aromatic N) is 3. The Balaban J connectivity index is 2.14. The Morgan fingerprint density at radius 3 is 2.86 bits per heavy atom. The summed E-state index contributed by atoms with van der Waals surface area (Å²) >= 11 is 0. The second kappa shape index (κ2) is 5.47. The Morgan fingerprint density at radius 1 is 1.33 bits per heavy atom. The van der Waals surface area contributed by atoms with Gasteiger partial charge < -0.3 is 9.72 Å². The van der Waals surface area contributed by atoms with Gasteiger partial charge in [-0.05, 0) is 24.3 Å². The highest BCUT2D eigenvalue weighted by Gasteiger charge is 2.09. The first-order chi connectivity index (χ1) is 10.3. The van der Waals surface area contributed by atoms with Crippen molar-refractivity contribution < 1.29 is 4.74 Å². The van der Waals surface area contributed by atoms with Crippen molar-refractivity contribution in [3.63, 3.8) is 0 Å².